The van der Waals surface area contributed by atoms with E-state index in [1.54, 1.807) is 0 Å². The Morgan fingerprint density at radius 2 is 2.10 bits per heavy atom. The number of hydrogen-bond acceptors (Lipinski definition) is 3. The molecule has 20 heavy (non-hydrogen) atoms. The topological polar surface area (TPSA) is 21.3 Å². The van der Waals surface area contributed by atoms with Crippen LogP contribution >= 0.6 is 11.3 Å². The summed E-state index contributed by atoms with van der Waals surface area (Å²) in [5.74, 6) is 1.03. The molecule has 2 nitrogen and oxygen atoms in total. The summed E-state index contributed by atoms with van der Waals surface area (Å²) in [7, 11) is 0. The standard InChI is InChI=1S/C17H21NOS/c1-17(2)12-15(14-7-3-4-8-16(14)19-17)18-10-9-13-6-5-11-20-13/h3-8,11,15,18H,9-10,12H2,1-2H3. The molecule has 3 heteroatoms. The summed E-state index contributed by atoms with van der Waals surface area (Å²) in [6, 6.07) is 13.1. The molecule has 106 valence electrons. The lowest BCUT2D eigenvalue weighted by atomic mass is 9.89. The molecular weight excluding hydrogens is 266 g/mol. The lowest BCUT2D eigenvalue weighted by molar-refractivity contribution is 0.0662. The van der Waals surface area contributed by atoms with E-state index in [4.69, 9.17) is 4.74 Å². The zero-order chi connectivity index (χ0) is 14.0. The Kier molecular flexibility index (Phi) is 3.81. The van der Waals surface area contributed by atoms with Crippen LogP contribution in [0.1, 0.15) is 36.8 Å². The molecule has 1 aliphatic heterocycles. The minimum atomic E-state index is -0.102. The molecule has 0 aliphatic carbocycles. The van der Waals surface area contributed by atoms with Gasteiger partial charge < -0.3 is 10.1 Å². The Hall–Kier alpha value is -1.32. The van der Waals surface area contributed by atoms with Crippen LogP contribution in [0, 0.1) is 0 Å². The van der Waals surface area contributed by atoms with E-state index in [1.807, 2.05) is 17.4 Å². The first-order chi connectivity index (χ1) is 9.64. The molecule has 3 rings (SSSR count). The maximum absolute atomic E-state index is 6.06. The highest BCUT2D eigenvalue weighted by Gasteiger charge is 2.32. The molecule has 1 N–H and O–H groups in total. The lowest BCUT2D eigenvalue weighted by Gasteiger charge is -2.38. The van der Waals surface area contributed by atoms with Crippen LogP contribution in [0.15, 0.2) is 41.8 Å². The van der Waals surface area contributed by atoms with Gasteiger partial charge in [-0.15, -0.1) is 11.3 Å². The second-order valence-corrected chi connectivity index (χ2v) is 6.97. The van der Waals surface area contributed by atoms with E-state index in [0.717, 1.165) is 25.1 Å². The maximum atomic E-state index is 6.06. The number of rotatable bonds is 4. The molecular formula is C17H21NOS. The highest BCUT2D eigenvalue weighted by Crippen LogP contribution is 2.39. The number of benzene rings is 1. The minimum absolute atomic E-state index is 0.102. The summed E-state index contributed by atoms with van der Waals surface area (Å²) in [4.78, 5) is 1.44. The molecule has 0 spiro atoms. The van der Waals surface area contributed by atoms with Crippen LogP contribution in [0.3, 0.4) is 0 Å². The van der Waals surface area contributed by atoms with Crippen LogP contribution in [0.25, 0.3) is 0 Å². The zero-order valence-corrected chi connectivity index (χ0v) is 12.9. The van der Waals surface area contributed by atoms with E-state index in [1.165, 1.54) is 10.4 Å². The van der Waals surface area contributed by atoms with Gasteiger partial charge in [0.1, 0.15) is 11.4 Å². The van der Waals surface area contributed by atoms with Gasteiger partial charge in [-0.25, -0.2) is 0 Å². The Bertz CT molecular complexity index is 562. The molecule has 1 aromatic carbocycles. The number of para-hydroxylation sites is 1. The average molecular weight is 287 g/mol. The molecule has 0 fully saturated rings. The third kappa shape index (κ3) is 3.05. The predicted octanol–water partition coefficient (Wildman–Crippen LogP) is 4.18. The van der Waals surface area contributed by atoms with E-state index in [2.05, 4.69) is 54.9 Å². The minimum Gasteiger partial charge on any atom is -0.487 e. The Labute approximate surface area is 124 Å². The van der Waals surface area contributed by atoms with Gasteiger partial charge in [0.05, 0.1) is 0 Å². The van der Waals surface area contributed by atoms with Gasteiger partial charge >= 0.3 is 0 Å². The van der Waals surface area contributed by atoms with Gasteiger partial charge in [0.2, 0.25) is 0 Å². The molecule has 1 unspecified atom stereocenters. The van der Waals surface area contributed by atoms with Crippen molar-refractivity contribution < 1.29 is 4.74 Å². The molecule has 1 aliphatic rings. The Balaban J connectivity index is 1.69. The summed E-state index contributed by atoms with van der Waals surface area (Å²) >= 11 is 1.83. The summed E-state index contributed by atoms with van der Waals surface area (Å²) < 4.78 is 6.06. The van der Waals surface area contributed by atoms with Crippen molar-refractivity contribution in [3.8, 4) is 5.75 Å². The second kappa shape index (κ2) is 5.58. The fourth-order valence-corrected chi connectivity index (χ4v) is 3.52. The van der Waals surface area contributed by atoms with Gasteiger partial charge in [0, 0.05) is 29.4 Å². The normalized spacial score (nSPS) is 20.2. The van der Waals surface area contributed by atoms with Gasteiger partial charge in [-0.05, 0) is 37.8 Å². The molecule has 2 aromatic rings. The van der Waals surface area contributed by atoms with Crippen molar-refractivity contribution in [2.45, 2.75) is 38.3 Å². The highest BCUT2D eigenvalue weighted by molar-refractivity contribution is 7.09. The van der Waals surface area contributed by atoms with Crippen molar-refractivity contribution in [3.63, 3.8) is 0 Å². The molecule has 1 atom stereocenters. The smallest absolute Gasteiger partial charge is 0.124 e. The fourth-order valence-electron chi connectivity index (χ4n) is 2.81. The van der Waals surface area contributed by atoms with Crippen LogP contribution in [-0.4, -0.2) is 12.1 Å². The number of thiophene rings is 1. The molecule has 0 radical (unpaired) electrons. The van der Waals surface area contributed by atoms with Crippen molar-refractivity contribution in [2.24, 2.45) is 0 Å². The molecule has 2 heterocycles. The van der Waals surface area contributed by atoms with E-state index < -0.39 is 0 Å². The Morgan fingerprint density at radius 3 is 2.90 bits per heavy atom. The van der Waals surface area contributed by atoms with E-state index in [0.29, 0.717) is 6.04 Å². The van der Waals surface area contributed by atoms with Gasteiger partial charge in [-0.3, -0.25) is 0 Å². The number of fused-ring (bicyclic) bond motifs is 1. The summed E-state index contributed by atoms with van der Waals surface area (Å²) in [5, 5.41) is 5.84. The van der Waals surface area contributed by atoms with Gasteiger partial charge in [0.15, 0.2) is 0 Å². The lowest BCUT2D eigenvalue weighted by Crippen LogP contribution is -2.39. The van der Waals surface area contributed by atoms with E-state index in [-0.39, 0.29) is 5.60 Å². The molecule has 0 bridgehead atoms. The molecule has 1 aromatic heterocycles. The van der Waals surface area contributed by atoms with Crippen molar-refractivity contribution in [1.82, 2.24) is 5.32 Å². The fraction of sp³-hybridized carbons (Fsp3) is 0.412. The molecule has 0 amide bonds. The highest BCUT2D eigenvalue weighted by atomic mass is 32.1. The van der Waals surface area contributed by atoms with Crippen LogP contribution in [-0.2, 0) is 6.42 Å². The van der Waals surface area contributed by atoms with Gasteiger partial charge in [0.25, 0.3) is 0 Å². The first-order valence-corrected chi connectivity index (χ1v) is 8.06. The van der Waals surface area contributed by atoms with Crippen LogP contribution in [0.2, 0.25) is 0 Å². The first-order valence-electron chi connectivity index (χ1n) is 7.18. The summed E-state index contributed by atoms with van der Waals surface area (Å²) in [6.07, 6.45) is 2.10. The quantitative estimate of drug-likeness (QED) is 0.910. The van der Waals surface area contributed by atoms with Crippen LogP contribution < -0.4 is 10.1 Å². The van der Waals surface area contributed by atoms with Gasteiger partial charge in [-0.2, -0.15) is 0 Å². The van der Waals surface area contributed by atoms with Crippen LogP contribution in [0.4, 0.5) is 0 Å². The molecule has 0 saturated heterocycles. The van der Waals surface area contributed by atoms with E-state index >= 15 is 0 Å². The monoisotopic (exact) mass is 287 g/mol. The second-order valence-electron chi connectivity index (χ2n) is 5.94. The van der Waals surface area contributed by atoms with E-state index in [9.17, 15) is 0 Å². The SMILES string of the molecule is CC1(C)CC(NCCc2cccs2)c2ccccc2O1. The van der Waals surface area contributed by atoms with Crippen molar-refractivity contribution in [1.29, 1.82) is 0 Å². The van der Waals surface area contributed by atoms with Crippen LogP contribution in [0.5, 0.6) is 5.75 Å². The first kappa shape index (κ1) is 13.7. The van der Waals surface area contributed by atoms with Crippen molar-refractivity contribution in [3.05, 3.63) is 52.2 Å². The predicted molar refractivity (Wildman–Crippen MR) is 84.5 cm³/mol. The maximum Gasteiger partial charge on any atom is 0.124 e. The van der Waals surface area contributed by atoms with Crippen molar-refractivity contribution in [2.75, 3.05) is 6.54 Å². The van der Waals surface area contributed by atoms with Crippen molar-refractivity contribution >= 4 is 11.3 Å². The number of nitrogens with one attached hydrogen (secondary N) is 1. The number of ether oxygens (including phenoxy) is 1. The molecule has 0 saturated carbocycles. The third-order valence-electron chi connectivity index (χ3n) is 3.72. The Morgan fingerprint density at radius 1 is 1.25 bits per heavy atom. The zero-order valence-electron chi connectivity index (χ0n) is 12.1. The largest absolute Gasteiger partial charge is 0.487 e. The number of hydrogen-bond donors (Lipinski definition) is 1. The summed E-state index contributed by atoms with van der Waals surface area (Å²) in [5.41, 5.74) is 1.19. The third-order valence-corrected chi connectivity index (χ3v) is 4.65. The average Bonchev–Trinajstić information content (AvgIpc) is 2.90. The van der Waals surface area contributed by atoms with Gasteiger partial charge in [-0.1, -0.05) is 24.3 Å². The summed E-state index contributed by atoms with van der Waals surface area (Å²) in [6.45, 7) is 5.34.